The second-order valence-corrected chi connectivity index (χ2v) is 4.96. The first-order valence-electron chi connectivity index (χ1n) is 7.13. The Kier molecular flexibility index (Phi) is 5.31. The first-order chi connectivity index (χ1) is 11.5. The van der Waals surface area contributed by atoms with E-state index in [1.165, 1.54) is 37.5 Å². The van der Waals surface area contributed by atoms with Crippen LogP contribution in [0, 0.1) is 0 Å². The third-order valence-electron chi connectivity index (χ3n) is 3.48. The van der Waals surface area contributed by atoms with E-state index in [-0.39, 0.29) is 16.9 Å². The molecule has 6 heteroatoms. The maximum Gasteiger partial charge on any atom is 0.340 e. The molecular formula is C18H17NO5. The molecule has 0 atom stereocenters. The van der Waals surface area contributed by atoms with Crippen LogP contribution < -0.4 is 0 Å². The van der Waals surface area contributed by atoms with Crippen LogP contribution >= 0.6 is 0 Å². The average Bonchev–Trinajstić information content (AvgIpc) is 2.79. The Balaban J connectivity index is 2.49. The maximum atomic E-state index is 12.7. The molecule has 2 rings (SSSR count). The normalized spacial score (nSPS) is 14.0. The lowest BCUT2D eigenvalue weighted by Crippen LogP contribution is -2.21. The average molecular weight is 327 g/mol. The second-order valence-electron chi connectivity index (χ2n) is 4.96. The summed E-state index contributed by atoms with van der Waals surface area (Å²) < 4.78 is 9.41. The van der Waals surface area contributed by atoms with Crippen LogP contribution in [0.3, 0.4) is 0 Å². The molecule has 0 amide bonds. The second kappa shape index (κ2) is 7.41. The molecule has 24 heavy (non-hydrogen) atoms. The number of esters is 2. The Morgan fingerprint density at radius 3 is 2.04 bits per heavy atom. The Morgan fingerprint density at radius 1 is 0.875 bits per heavy atom. The van der Waals surface area contributed by atoms with E-state index in [9.17, 15) is 14.4 Å². The van der Waals surface area contributed by atoms with E-state index < -0.39 is 11.9 Å². The largest absolute Gasteiger partial charge is 0.465 e. The number of Topliss-reactive ketones (excluding diaryl/α,β-unsaturated/α-hetero) is 1. The van der Waals surface area contributed by atoms with E-state index in [1.54, 1.807) is 31.3 Å². The summed E-state index contributed by atoms with van der Waals surface area (Å²) in [7, 11) is 4.04. The molecule has 0 spiro atoms. The number of nitrogens with zero attached hydrogens (tertiary/aromatic N) is 1. The van der Waals surface area contributed by atoms with Crippen molar-refractivity contribution >= 4 is 17.7 Å². The fourth-order valence-corrected chi connectivity index (χ4v) is 2.24. The van der Waals surface area contributed by atoms with Gasteiger partial charge in [-0.15, -0.1) is 0 Å². The number of likely N-dealkylation sites (N-methyl/N-ethyl adjacent to an activating group) is 1. The summed E-state index contributed by atoms with van der Waals surface area (Å²) in [5, 5.41) is 0. The monoisotopic (exact) mass is 327 g/mol. The molecule has 6 nitrogen and oxygen atoms in total. The van der Waals surface area contributed by atoms with Gasteiger partial charge in [0.1, 0.15) is 0 Å². The Hall–Kier alpha value is -3.15. The Morgan fingerprint density at radius 2 is 1.46 bits per heavy atom. The summed E-state index contributed by atoms with van der Waals surface area (Å²) in [6.45, 7) is 0. The first-order valence-corrected chi connectivity index (χ1v) is 7.13. The standard InChI is InChI=1S/C18H17NO5/c1-19-11-14(18(22)24-3)13(17(21)23-2)9-10-15(19)16(20)12-7-5-4-6-8-12/h4-11H,1-3H3. The predicted octanol–water partition coefficient (Wildman–Crippen LogP) is 1.85. The zero-order valence-electron chi connectivity index (χ0n) is 13.6. The van der Waals surface area contributed by atoms with Crippen LogP contribution in [0.4, 0.5) is 0 Å². The molecule has 0 saturated heterocycles. The molecule has 0 radical (unpaired) electrons. The minimum Gasteiger partial charge on any atom is -0.465 e. The summed E-state index contributed by atoms with van der Waals surface area (Å²) in [6.07, 6.45) is 4.25. The van der Waals surface area contributed by atoms with Crippen molar-refractivity contribution in [2.75, 3.05) is 21.3 Å². The number of allylic oxidation sites excluding steroid dienone is 3. The lowest BCUT2D eigenvalue weighted by atomic mass is 10.1. The third kappa shape index (κ3) is 3.43. The summed E-state index contributed by atoms with van der Waals surface area (Å²) in [6, 6.07) is 8.72. The summed E-state index contributed by atoms with van der Waals surface area (Å²) >= 11 is 0. The van der Waals surface area contributed by atoms with E-state index in [0.29, 0.717) is 11.3 Å². The van der Waals surface area contributed by atoms with Crippen LogP contribution in [0.25, 0.3) is 0 Å². The SMILES string of the molecule is COC(=O)C1=CC=C(C(=O)c2ccccc2)N(C)C=C1C(=O)OC. The van der Waals surface area contributed by atoms with Crippen molar-refractivity contribution in [2.45, 2.75) is 0 Å². The van der Waals surface area contributed by atoms with E-state index in [4.69, 9.17) is 9.47 Å². The fraction of sp³-hybridized carbons (Fsp3) is 0.167. The highest BCUT2D eigenvalue weighted by Crippen LogP contribution is 2.22. The summed E-state index contributed by atoms with van der Waals surface area (Å²) in [5.41, 5.74) is 0.839. The quantitative estimate of drug-likeness (QED) is 0.621. The minimum absolute atomic E-state index is 0.0129. The number of benzene rings is 1. The Bertz CT molecular complexity index is 759. The molecule has 1 aliphatic heterocycles. The van der Waals surface area contributed by atoms with Gasteiger partial charge >= 0.3 is 11.9 Å². The van der Waals surface area contributed by atoms with Crippen molar-refractivity contribution in [3.05, 3.63) is 71.1 Å². The zero-order chi connectivity index (χ0) is 17.7. The van der Waals surface area contributed by atoms with Crippen LogP contribution in [0.5, 0.6) is 0 Å². The molecule has 124 valence electrons. The molecule has 0 unspecified atom stereocenters. The number of ether oxygens (including phenoxy) is 2. The van der Waals surface area contributed by atoms with Gasteiger partial charge in [-0.25, -0.2) is 9.59 Å². The van der Waals surface area contributed by atoms with Gasteiger partial charge in [0.25, 0.3) is 0 Å². The van der Waals surface area contributed by atoms with Gasteiger partial charge in [-0.1, -0.05) is 30.3 Å². The van der Waals surface area contributed by atoms with Gasteiger partial charge in [0.05, 0.1) is 31.1 Å². The number of hydrogen-bond donors (Lipinski definition) is 0. The number of rotatable bonds is 4. The lowest BCUT2D eigenvalue weighted by molar-refractivity contribution is -0.139. The van der Waals surface area contributed by atoms with Crippen molar-refractivity contribution in [3.63, 3.8) is 0 Å². The van der Waals surface area contributed by atoms with E-state index in [1.807, 2.05) is 6.07 Å². The zero-order valence-corrected chi connectivity index (χ0v) is 13.6. The van der Waals surface area contributed by atoms with Crippen molar-refractivity contribution < 1.29 is 23.9 Å². The molecular weight excluding hydrogens is 310 g/mol. The molecule has 0 bridgehead atoms. The van der Waals surface area contributed by atoms with Crippen LogP contribution in [-0.4, -0.2) is 43.9 Å². The first kappa shape index (κ1) is 17.2. The smallest absolute Gasteiger partial charge is 0.340 e. The number of carbonyl (C=O) groups excluding carboxylic acids is 3. The van der Waals surface area contributed by atoms with Gasteiger partial charge in [-0.2, -0.15) is 0 Å². The minimum atomic E-state index is -0.694. The highest BCUT2D eigenvalue weighted by atomic mass is 16.5. The van der Waals surface area contributed by atoms with E-state index in [0.717, 1.165) is 0 Å². The van der Waals surface area contributed by atoms with Gasteiger partial charge < -0.3 is 14.4 Å². The molecule has 1 aliphatic rings. The van der Waals surface area contributed by atoms with Gasteiger partial charge in [-0.3, -0.25) is 4.79 Å². The van der Waals surface area contributed by atoms with Crippen molar-refractivity contribution in [2.24, 2.45) is 0 Å². The molecule has 1 aromatic carbocycles. The predicted molar refractivity (Wildman–Crippen MR) is 86.8 cm³/mol. The third-order valence-corrected chi connectivity index (χ3v) is 3.48. The molecule has 0 N–H and O–H groups in total. The maximum absolute atomic E-state index is 12.7. The van der Waals surface area contributed by atoms with E-state index >= 15 is 0 Å². The number of carbonyl (C=O) groups is 3. The van der Waals surface area contributed by atoms with Crippen molar-refractivity contribution in [3.8, 4) is 0 Å². The molecule has 0 aromatic heterocycles. The molecule has 0 fully saturated rings. The van der Waals surface area contributed by atoms with Gasteiger partial charge in [0.2, 0.25) is 5.78 Å². The van der Waals surface area contributed by atoms with Gasteiger partial charge in [0.15, 0.2) is 0 Å². The van der Waals surface area contributed by atoms with Crippen LogP contribution in [0.15, 0.2) is 65.5 Å². The molecule has 1 heterocycles. The highest BCUT2D eigenvalue weighted by molar-refractivity contribution is 6.11. The fourth-order valence-electron chi connectivity index (χ4n) is 2.24. The van der Waals surface area contributed by atoms with Gasteiger partial charge in [-0.05, 0) is 12.2 Å². The summed E-state index contributed by atoms with van der Waals surface area (Å²) in [4.78, 5) is 38.0. The van der Waals surface area contributed by atoms with Crippen LogP contribution in [-0.2, 0) is 19.1 Å². The highest BCUT2D eigenvalue weighted by Gasteiger charge is 2.26. The molecule has 1 aromatic rings. The van der Waals surface area contributed by atoms with Crippen molar-refractivity contribution in [1.29, 1.82) is 0 Å². The van der Waals surface area contributed by atoms with E-state index in [2.05, 4.69) is 0 Å². The van der Waals surface area contributed by atoms with Crippen LogP contribution in [0.2, 0.25) is 0 Å². The topological polar surface area (TPSA) is 72.9 Å². The van der Waals surface area contributed by atoms with Gasteiger partial charge in [0, 0.05) is 18.8 Å². The number of methoxy groups -OCH3 is 2. The molecule has 0 saturated carbocycles. The van der Waals surface area contributed by atoms with Crippen molar-refractivity contribution in [1.82, 2.24) is 4.90 Å². The Labute approximate surface area is 139 Å². The number of ketones is 1. The summed E-state index contributed by atoms with van der Waals surface area (Å²) in [5.74, 6) is -1.62. The lowest BCUT2D eigenvalue weighted by Gasteiger charge is -2.17. The van der Waals surface area contributed by atoms with Crippen LogP contribution in [0.1, 0.15) is 10.4 Å². The number of hydrogen-bond acceptors (Lipinski definition) is 6. The molecule has 0 aliphatic carbocycles.